The summed E-state index contributed by atoms with van der Waals surface area (Å²) < 4.78 is 26.6. The standard InChI is InChI=1S/C12H10F2N2O3/c1-6-11(18)15-9(17)5-16(6)12(19)7-3-2-4-8(13)10(7)14/h2-4,6H,5H2,1H3,(H,15,17,18). The molecule has 1 N–H and O–H groups in total. The Hall–Kier alpha value is -2.31. The molecule has 1 aromatic rings. The van der Waals surface area contributed by atoms with Crippen molar-refractivity contribution in [1.82, 2.24) is 10.2 Å². The monoisotopic (exact) mass is 268 g/mol. The minimum absolute atomic E-state index is 0.373. The Balaban J connectivity index is 2.35. The summed E-state index contributed by atoms with van der Waals surface area (Å²) in [7, 11) is 0. The van der Waals surface area contributed by atoms with Gasteiger partial charge in [0, 0.05) is 0 Å². The van der Waals surface area contributed by atoms with Crippen LogP contribution < -0.4 is 5.32 Å². The number of nitrogens with one attached hydrogen (secondary N) is 1. The number of halogens is 2. The van der Waals surface area contributed by atoms with Crippen molar-refractivity contribution in [3.63, 3.8) is 0 Å². The van der Waals surface area contributed by atoms with Crippen LogP contribution in [0.4, 0.5) is 8.78 Å². The molecule has 1 aromatic carbocycles. The second-order valence-electron chi connectivity index (χ2n) is 4.12. The predicted octanol–water partition coefficient (Wildman–Crippen LogP) is 0.452. The molecule has 0 spiro atoms. The number of piperazine rings is 1. The summed E-state index contributed by atoms with van der Waals surface area (Å²) in [6.45, 7) is 1.03. The predicted molar refractivity (Wildman–Crippen MR) is 60.0 cm³/mol. The number of amides is 3. The molecule has 100 valence electrons. The van der Waals surface area contributed by atoms with Crippen LogP contribution in [-0.2, 0) is 9.59 Å². The molecule has 0 saturated carbocycles. The fourth-order valence-corrected chi connectivity index (χ4v) is 1.79. The third kappa shape index (κ3) is 2.31. The molecular weight excluding hydrogens is 258 g/mol. The number of benzene rings is 1. The smallest absolute Gasteiger partial charge is 0.258 e. The van der Waals surface area contributed by atoms with Crippen molar-refractivity contribution in [3.05, 3.63) is 35.4 Å². The number of nitrogens with zero attached hydrogens (tertiary/aromatic N) is 1. The molecule has 1 atom stereocenters. The summed E-state index contributed by atoms with van der Waals surface area (Å²) in [6.07, 6.45) is 0. The maximum absolute atomic E-state index is 13.5. The van der Waals surface area contributed by atoms with E-state index in [1.54, 1.807) is 0 Å². The highest BCUT2D eigenvalue weighted by Crippen LogP contribution is 2.16. The van der Waals surface area contributed by atoms with Gasteiger partial charge in [0.05, 0.1) is 5.56 Å². The number of hydrogen-bond acceptors (Lipinski definition) is 3. The van der Waals surface area contributed by atoms with Gasteiger partial charge in [-0.3, -0.25) is 19.7 Å². The van der Waals surface area contributed by atoms with Crippen molar-refractivity contribution in [2.75, 3.05) is 6.54 Å². The van der Waals surface area contributed by atoms with E-state index in [2.05, 4.69) is 5.32 Å². The van der Waals surface area contributed by atoms with Crippen LogP contribution in [0.15, 0.2) is 18.2 Å². The first kappa shape index (κ1) is 13.1. The minimum atomic E-state index is -1.29. The Morgan fingerprint density at radius 1 is 1.37 bits per heavy atom. The van der Waals surface area contributed by atoms with Crippen LogP contribution in [0.25, 0.3) is 0 Å². The van der Waals surface area contributed by atoms with Gasteiger partial charge in [-0.2, -0.15) is 0 Å². The lowest BCUT2D eigenvalue weighted by atomic mass is 10.1. The van der Waals surface area contributed by atoms with Gasteiger partial charge in [0.1, 0.15) is 12.6 Å². The van der Waals surface area contributed by atoms with Gasteiger partial charge in [0.15, 0.2) is 11.6 Å². The van der Waals surface area contributed by atoms with Gasteiger partial charge in [-0.05, 0) is 19.1 Å². The first-order valence-corrected chi connectivity index (χ1v) is 5.50. The average molecular weight is 268 g/mol. The molecule has 1 fully saturated rings. The molecule has 7 heteroatoms. The lowest BCUT2D eigenvalue weighted by Crippen LogP contribution is -2.58. The first-order chi connectivity index (χ1) is 8.91. The van der Waals surface area contributed by atoms with E-state index in [-0.39, 0.29) is 6.54 Å². The van der Waals surface area contributed by atoms with Crippen molar-refractivity contribution >= 4 is 17.7 Å². The van der Waals surface area contributed by atoms with Crippen molar-refractivity contribution in [2.45, 2.75) is 13.0 Å². The van der Waals surface area contributed by atoms with E-state index in [4.69, 9.17) is 0 Å². The van der Waals surface area contributed by atoms with Crippen molar-refractivity contribution < 1.29 is 23.2 Å². The lowest BCUT2D eigenvalue weighted by Gasteiger charge is -2.31. The van der Waals surface area contributed by atoms with E-state index in [0.29, 0.717) is 0 Å². The molecule has 3 amide bonds. The van der Waals surface area contributed by atoms with Gasteiger partial charge < -0.3 is 4.90 Å². The Morgan fingerprint density at radius 2 is 2.05 bits per heavy atom. The van der Waals surface area contributed by atoms with Crippen LogP contribution in [0.3, 0.4) is 0 Å². The number of imide groups is 1. The SMILES string of the molecule is CC1C(=O)NC(=O)CN1C(=O)c1cccc(F)c1F. The minimum Gasteiger partial charge on any atom is -0.317 e. The van der Waals surface area contributed by atoms with Gasteiger partial charge in [-0.25, -0.2) is 8.78 Å². The molecule has 0 bridgehead atoms. The fraction of sp³-hybridized carbons (Fsp3) is 0.250. The van der Waals surface area contributed by atoms with Gasteiger partial charge in [-0.1, -0.05) is 6.07 Å². The highest BCUT2D eigenvalue weighted by atomic mass is 19.2. The van der Waals surface area contributed by atoms with Gasteiger partial charge in [0.2, 0.25) is 11.8 Å². The zero-order valence-corrected chi connectivity index (χ0v) is 9.94. The second-order valence-corrected chi connectivity index (χ2v) is 4.12. The van der Waals surface area contributed by atoms with E-state index < -0.39 is 41.0 Å². The van der Waals surface area contributed by atoms with E-state index in [9.17, 15) is 23.2 Å². The van der Waals surface area contributed by atoms with Gasteiger partial charge >= 0.3 is 0 Å². The zero-order chi connectivity index (χ0) is 14.2. The fourth-order valence-electron chi connectivity index (χ4n) is 1.79. The Bertz CT molecular complexity index is 574. The highest BCUT2D eigenvalue weighted by molar-refractivity contribution is 6.07. The third-order valence-electron chi connectivity index (χ3n) is 2.87. The van der Waals surface area contributed by atoms with E-state index in [0.717, 1.165) is 17.0 Å². The molecule has 2 rings (SSSR count). The summed E-state index contributed by atoms with van der Waals surface area (Å²) in [5.74, 6) is -4.66. The molecular formula is C12H10F2N2O3. The molecule has 0 aromatic heterocycles. The summed E-state index contributed by atoms with van der Waals surface area (Å²) >= 11 is 0. The quantitative estimate of drug-likeness (QED) is 0.752. The summed E-state index contributed by atoms with van der Waals surface area (Å²) in [6, 6.07) is 2.24. The number of carbonyl (C=O) groups excluding carboxylic acids is 3. The highest BCUT2D eigenvalue weighted by Gasteiger charge is 2.35. The lowest BCUT2D eigenvalue weighted by molar-refractivity contribution is -0.138. The van der Waals surface area contributed by atoms with E-state index >= 15 is 0 Å². The molecule has 1 heterocycles. The topological polar surface area (TPSA) is 66.5 Å². The Morgan fingerprint density at radius 3 is 2.74 bits per heavy atom. The summed E-state index contributed by atoms with van der Waals surface area (Å²) in [5, 5.41) is 2.05. The molecule has 0 radical (unpaired) electrons. The average Bonchev–Trinajstić information content (AvgIpc) is 2.36. The molecule has 19 heavy (non-hydrogen) atoms. The molecule has 5 nitrogen and oxygen atoms in total. The van der Waals surface area contributed by atoms with Crippen LogP contribution in [0, 0.1) is 11.6 Å². The van der Waals surface area contributed by atoms with Gasteiger partial charge in [-0.15, -0.1) is 0 Å². The maximum atomic E-state index is 13.5. The second kappa shape index (κ2) is 4.75. The largest absolute Gasteiger partial charge is 0.317 e. The molecule has 1 aliphatic heterocycles. The van der Waals surface area contributed by atoms with Crippen molar-refractivity contribution in [2.24, 2.45) is 0 Å². The number of rotatable bonds is 1. The van der Waals surface area contributed by atoms with Crippen LogP contribution in [0.5, 0.6) is 0 Å². The zero-order valence-electron chi connectivity index (χ0n) is 9.94. The van der Waals surface area contributed by atoms with Crippen LogP contribution in [-0.4, -0.2) is 35.2 Å². The van der Waals surface area contributed by atoms with Gasteiger partial charge in [0.25, 0.3) is 5.91 Å². The maximum Gasteiger partial charge on any atom is 0.258 e. The summed E-state index contributed by atoms with van der Waals surface area (Å²) in [5.41, 5.74) is -0.505. The number of hydrogen-bond donors (Lipinski definition) is 1. The Kier molecular flexibility index (Phi) is 3.28. The van der Waals surface area contributed by atoms with E-state index in [1.165, 1.54) is 13.0 Å². The molecule has 1 aliphatic rings. The van der Waals surface area contributed by atoms with Crippen molar-refractivity contribution in [1.29, 1.82) is 0 Å². The van der Waals surface area contributed by atoms with Crippen LogP contribution in [0.1, 0.15) is 17.3 Å². The normalized spacial score (nSPS) is 19.3. The van der Waals surface area contributed by atoms with Crippen molar-refractivity contribution in [3.8, 4) is 0 Å². The third-order valence-corrected chi connectivity index (χ3v) is 2.87. The molecule has 0 aliphatic carbocycles. The number of carbonyl (C=O) groups is 3. The van der Waals surface area contributed by atoms with E-state index in [1.807, 2.05) is 0 Å². The van der Waals surface area contributed by atoms with Crippen LogP contribution >= 0.6 is 0 Å². The molecule has 1 saturated heterocycles. The molecule has 1 unspecified atom stereocenters. The van der Waals surface area contributed by atoms with Crippen LogP contribution in [0.2, 0.25) is 0 Å². The summed E-state index contributed by atoms with van der Waals surface area (Å²) in [4.78, 5) is 35.6. The first-order valence-electron chi connectivity index (χ1n) is 5.50. The Labute approximate surface area is 107 Å².